The minimum absolute atomic E-state index is 0.289. The number of methoxy groups -OCH3 is 1. The standard InChI is InChI=1S/C16H18N2O3/c1-18(12-7-6-8-13(11-12)20-2)15-10-5-4-9-14(15)16(19)17-21-3/h4-11H,1-3H3,(H,17,19). The Hall–Kier alpha value is -2.53. The van der Waals surface area contributed by atoms with E-state index in [1.165, 1.54) is 7.11 Å². The van der Waals surface area contributed by atoms with E-state index in [2.05, 4.69) is 5.48 Å². The molecule has 0 aliphatic rings. The van der Waals surface area contributed by atoms with Gasteiger partial charge in [-0.15, -0.1) is 0 Å². The molecule has 0 aliphatic carbocycles. The van der Waals surface area contributed by atoms with Gasteiger partial charge in [0.25, 0.3) is 5.91 Å². The van der Waals surface area contributed by atoms with Crippen molar-refractivity contribution in [3.63, 3.8) is 0 Å². The van der Waals surface area contributed by atoms with Crippen LogP contribution < -0.4 is 15.1 Å². The summed E-state index contributed by atoms with van der Waals surface area (Å²) in [5.74, 6) is 0.473. The number of hydroxylamine groups is 1. The molecule has 1 amide bonds. The first-order chi connectivity index (χ1) is 10.2. The third kappa shape index (κ3) is 3.32. The van der Waals surface area contributed by atoms with E-state index < -0.39 is 0 Å². The van der Waals surface area contributed by atoms with Gasteiger partial charge in [0, 0.05) is 18.8 Å². The Labute approximate surface area is 124 Å². The molecule has 0 aromatic heterocycles. The fourth-order valence-corrected chi connectivity index (χ4v) is 2.06. The van der Waals surface area contributed by atoms with E-state index in [4.69, 9.17) is 9.57 Å². The Balaban J connectivity index is 2.38. The van der Waals surface area contributed by atoms with E-state index >= 15 is 0 Å². The second kappa shape index (κ2) is 6.76. The molecule has 0 spiro atoms. The second-order valence-electron chi connectivity index (χ2n) is 4.41. The maximum atomic E-state index is 12.0. The number of carbonyl (C=O) groups excluding carboxylic acids is 1. The molecule has 0 saturated heterocycles. The molecular weight excluding hydrogens is 268 g/mol. The zero-order chi connectivity index (χ0) is 15.2. The van der Waals surface area contributed by atoms with Crippen molar-refractivity contribution in [3.05, 3.63) is 54.1 Å². The van der Waals surface area contributed by atoms with Gasteiger partial charge in [-0.3, -0.25) is 9.63 Å². The quantitative estimate of drug-likeness (QED) is 0.859. The highest BCUT2D eigenvalue weighted by Crippen LogP contribution is 2.29. The van der Waals surface area contributed by atoms with Crippen LogP contribution in [0.15, 0.2) is 48.5 Å². The fraction of sp³-hybridized carbons (Fsp3) is 0.188. The van der Waals surface area contributed by atoms with Gasteiger partial charge in [-0.25, -0.2) is 5.48 Å². The molecule has 2 aromatic rings. The van der Waals surface area contributed by atoms with Crippen LogP contribution in [0.2, 0.25) is 0 Å². The summed E-state index contributed by atoms with van der Waals surface area (Å²) in [6.45, 7) is 0. The summed E-state index contributed by atoms with van der Waals surface area (Å²) in [5.41, 5.74) is 4.57. The lowest BCUT2D eigenvalue weighted by Gasteiger charge is -2.22. The second-order valence-corrected chi connectivity index (χ2v) is 4.41. The zero-order valence-corrected chi connectivity index (χ0v) is 12.3. The molecule has 1 N–H and O–H groups in total. The van der Waals surface area contributed by atoms with Gasteiger partial charge in [-0.1, -0.05) is 18.2 Å². The van der Waals surface area contributed by atoms with Crippen LogP contribution in [0.3, 0.4) is 0 Å². The van der Waals surface area contributed by atoms with E-state index in [1.54, 1.807) is 13.2 Å². The molecule has 0 saturated carbocycles. The highest BCUT2D eigenvalue weighted by atomic mass is 16.6. The number of nitrogens with zero attached hydrogens (tertiary/aromatic N) is 1. The molecule has 21 heavy (non-hydrogen) atoms. The first kappa shape index (κ1) is 14.9. The van der Waals surface area contributed by atoms with Crippen LogP contribution in [-0.4, -0.2) is 27.2 Å². The van der Waals surface area contributed by atoms with Crippen molar-refractivity contribution in [2.75, 3.05) is 26.2 Å². The number of rotatable bonds is 5. The number of benzene rings is 2. The molecule has 0 atom stereocenters. The summed E-state index contributed by atoms with van der Waals surface area (Å²) in [7, 11) is 4.93. The number of carbonyl (C=O) groups is 1. The predicted octanol–water partition coefficient (Wildman–Crippen LogP) is 2.75. The molecule has 0 fully saturated rings. The third-order valence-electron chi connectivity index (χ3n) is 3.15. The molecule has 0 radical (unpaired) electrons. The Morgan fingerprint density at radius 2 is 1.86 bits per heavy atom. The summed E-state index contributed by atoms with van der Waals surface area (Å²) in [5, 5.41) is 0. The van der Waals surface area contributed by atoms with E-state index in [1.807, 2.05) is 54.4 Å². The molecule has 5 heteroatoms. The number of amides is 1. The van der Waals surface area contributed by atoms with Crippen molar-refractivity contribution < 1.29 is 14.4 Å². The molecule has 2 aromatic carbocycles. The number of nitrogens with one attached hydrogen (secondary N) is 1. The highest BCUT2D eigenvalue weighted by Gasteiger charge is 2.15. The average molecular weight is 286 g/mol. The Morgan fingerprint density at radius 3 is 2.57 bits per heavy atom. The lowest BCUT2D eigenvalue weighted by atomic mass is 10.1. The molecule has 110 valence electrons. The van der Waals surface area contributed by atoms with Gasteiger partial charge in [0.1, 0.15) is 5.75 Å². The minimum atomic E-state index is -0.289. The van der Waals surface area contributed by atoms with Gasteiger partial charge >= 0.3 is 0 Å². The van der Waals surface area contributed by atoms with Gasteiger partial charge in [-0.05, 0) is 24.3 Å². The molecule has 0 bridgehead atoms. The summed E-state index contributed by atoms with van der Waals surface area (Å²) in [4.78, 5) is 18.7. The smallest absolute Gasteiger partial charge is 0.276 e. The van der Waals surface area contributed by atoms with Crippen LogP contribution >= 0.6 is 0 Å². The highest BCUT2D eigenvalue weighted by molar-refractivity contribution is 6.00. The van der Waals surface area contributed by atoms with Gasteiger partial charge < -0.3 is 9.64 Å². The topological polar surface area (TPSA) is 50.8 Å². The van der Waals surface area contributed by atoms with Crippen LogP contribution in [0.4, 0.5) is 11.4 Å². The SMILES string of the molecule is CONC(=O)c1ccccc1N(C)c1cccc(OC)c1. The Morgan fingerprint density at radius 1 is 1.10 bits per heavy atom. The van der Waals surface area contributed by atoms with Gasteiger partial charge in [-0.2, -0.15) is 0 Å². The summed E-state index contributed by atoms with van der Waals surface area (Å²) in [6, 6.07) is 15.0. The maximum absolute atomic E-state index is 12.0. The minimum Gasteiger partial charge on any atom is -0.497 e. The lowest BCUT2D eigenvalue weighted by molar-refractivity contribution is 0.0538. The van der Waals surface area contributed by atoms with Crippen molar-refractivity contribution >= 4 is 17.3 Å². The van der Waals surface area contributed by atoms with E-state index in [-0.39, 0.29) is 5.91 Å². The number of ether oxygens (including phenoxy) is 1. The first-order valence-electron chi connectivity index (χ1n) is 6.47. The molecule has 5 nitrogen and oxygen atoms in total. The van der Waals surface area contributed by atoms with Crippen molar-refractivity contribution in [1.82, 2.24) is 5.48 Å². The van der Waals surface area contributed by atoms with Gasteiger partial charge in [0.2, 0.25) is 0 Å². The Bertz CT molecular complexity index is 628. The lowest BCUT2D eigenvalue weighted by Crippen LogP contribution is -2.24. The molecule has 0 unspecified atom stereocenters. The molecule has 0 heterocycles. The number of anilines is 2. The van der Waals surface area contributed by atoms with E-state index in [0.717, 1.165) is 17.1 Å². The van der Waals surface area contributed by atoms with Crippen LogP contribution in [0.5, 0.6) is 5.75 Å². The van der Waals surface area contributed by atoms with Crippen molar-refractivity contribution in [2.45, 2.75) is 0 Å². The molecular formula is C16H18N2O3. The molecule has 0 aliphatic heterocycles. The molecule has 2 rings (SSSR count). The van der Waals surface area contributed by atoms with Crippen LogP contribution in [0.1, 0.15) is 10.4 Å². The summed E-state index contributed by atoms with van der Waals surface area (Å²) < 4.78 is 5.23. The van der Waals surface area contributed by atoms with Crippen molar-refractivity contribution in [2.24, 2.45) is 0 Å². The van der Waals surface area contributed by atoms with E-state index in [9.17, 15) is 4.79 Å². The average Bonchev–Trinajstić information content (AvgIpc) is 2.54. The normalized spacial score (nSPS) is 10.0. The van der Waals surface area contributed by atoms with Gasteiger partial charge in [0.05, 0.1) is 25.5 Å². The number of hydrogen-bond acceptors (Lipinski definition) is 4. The predicted molar refractivity (Wildman–Crippen MR) is 82.0 cm³/mol. The number of hydrogen-bond donors (Lipinski definition) is 1. The number of para-hydroxylation sites is 1. The fourth-order valence-electron chi connectivity index (χ4n) is 2.06. The van der Waals surface area contributed by atoms with Crippen LogP contribution in [0, 0.1) is 0 Å². The third-order valence-corrected chi connectivity index (χ3v) is 3.15. The first-order valence-corrected chi connectivity index (χ1v) is 6.47. The van der Waals surface area contributed by atoms with Gasteiger partial charge in [0.15, 0.2) is 0 Å². The van der Waals surface area contributed by atoms with E-state index in [0.29, 0.717) is 5.56 Å². The summed E-state index contributed by atoms with van der Waals surface area (Å²) in [6.07, 6.45) is 0. The van der Waals surface area contributed by atoms with Crippen molar-refractivity contribution in [1.29, 1.82) is 0 Å². The van der Waals surface area contributed by atoms with Crippen LogP contribution in [-0.2, 0) is 4.84 Å². The monoisotopic (exact) mass is 286 g/mol. The summed E-state index contributed by atoms with van der Waals surface area (Å²) >= 11 is 0. The van der Waals surface area contributed by atoms with Crippen LogP contribution in [0.25, 0.3) is 0 Å². The zero-order valence-electron chi connectivity index (χ0n) is 12.3. The van der Waals surface area contributed by atoms with Crippen molar-refractivity contribution in [3.8, 4) is 5.75 Å². The largest absolute Gasteiger partial charge is 0.497 e. The maximum Gasteiger partial charge on any atom is 0.276 e. The Kier molecular flexibility index (Phi) is 4.79.